The second-order valence-electron chi connectivity index (χ2n) is 16.2. The van der Waals surface area contributed by atoms with Crippen molar-refractivity contribution >= 4 is 33.4 Å². The predicted octanol–water partition coefficient (Wildman–Crippen LogP) is 7.38. The minimum atomic E-state index is -5.44. The van der Waals surface area contributed by atoms with E-state index in [1.807, 2.05) is 67.7 Å². The fraction of sp³-hybridized carbons (Fsp3) is 0.609. The number of aliphatic hydroxyl groups excluding tert-OH is 3. The Kier molecular flexibility index (Phi) is 29.7. The molecular formula is C46H73N3O16P2. The number of allylic oxidation sites excluding steroid dienone is 10. The number of carbonyl (C=O) groups excluding carboxylic acids is 2. The average Bonchev–Trinajstić information content (AvgIpc) is 3.54. The molecule has 1 saturated heterocycles. The molecule has 1 aliphatic rings. The van der Waals surface area contributed by atoms with Gasteiger partial charge in [-0.05, 0) is 56.9 Å². The van der Waals surface area contributed by atoms with Crippen molar-refractivity contribution in [2.24, 2.45) is 5.92 Å². The molecule has 0 spiro atoms. The number of carbonyl (C=O) groups is 2. The molecule has 0 saturated carbocycles. The number of esters is 2. The molecule has 21 heteroatoms. The van der Waals surface area contributed by atoms with Gasteiger partial charge in [-0.25, -0.2) is 13.9 Å². The van der Waals surface area contributed by atoms with Crippen LogP contribution < -0.4 is 11.4 Å². The zero-order valence-electron chi connectivity index (χ0n) is 38.9. The molecule has 1 aromatic rings. The molecule has 0 aromatic carbocycles. The lowest BCUT2D eigenvalue weighted by Crippen LogP contribution is -2.36. The quantitative estimate of drug-likeness (QED) is 0.0127. The Labute approximate surface area is 394 Å². The van der Waals surface area contributed by atoms with Crippen molar-refractivity contribution in [1.82, 2.24) is 9.55 Å². The van der Waals surface area contributed by atoms with E-state index in [9.17, 15) is 48.6 Å². The highest BCUT2D eigenvalue weighted by Gasteiger charge is 2.46. The van der Waals surface area contributed by atoms with E-state index >= 15 is 0 Å². The third kappa shape index (κ3) is 27.7. The number of hydrogen-bond donors (Lipinski definition) is 6. The molecule has 1 aliphatic heterocycles. The summed E-state index contributed by atoms with van der Waals surface area (Å²) in [6.45, 7) is 4.02. The number of aromatic nitrogens is 2. The summed E-state index contributed by atoms with van der Waals surface area (Å²) in [5, 5.41) is 30.7. The Morgan fingerprint density at radius 2 is 1.48 bits per heavy atom. The maximum Gasteiger partial charge on any atom is 0.481 e. The van der Waals surface area contributed by atoms with Crippen molar-refractivity contribution in [2.45, 2.75) is 154 Å². The maximum atomic E-state index is 12.8. The smallest absolute Gasteiger partial charge is 0.462 e. The molecule has 0 bridgehead atoms. The first kappa shape index (κ1) is 59.3. The van der Waals surface area contributed by atoms with E-state index in [0.29, 0.717) is 31.6 Å². The van der Waals surface area contributed by atoms with E-state index in [2.05, 4.69) is 23.1 Å². The summed E-state index contributed by atoms with van der Waals surface area (Å²) in [7, 11) is -10.9. The summed E-state index contributed by atoms with van der Waals surface area (Å²) in [6, 6.07) is 1.24. The van der Waals surface area contributed by atoms with Gasteiger partial charge in [0.1, 0.15) is 30.7 Å². The molecule has 2 heterocycles. The summed E-state index contributed by atoms with van der Waals surface area (Å²) in [4.78, 5) is 61.6. The number of anilines is 1. The molecule has 0 radical (unpaired) electrons. The third-order valence-electron chi connectivity index (χ3n) is 9.83. The van der Waals surface area contributed by atoms with Gasteiger partial charge in [0.25, 0.3) is 0 Å². The first-order valence-corrected chi connectivity index (χ1v) is 25.9. The number of phosphoric acid groups is 2. The van der Waals surface area contributed by atoms with Gasteiger partial charge in [-0.15, -0.1) is 0 Å². The van der Waals surface area contributed by atoms with E-state index in [0.717, 1.165) is 62.1 Å². The van der Waals surface area contributed by atoms with Gasteiger partial charge in [0.2, 0.25) is 0 Å². The monoisotopic (exact) mass is 985 g/mol. The molecule has 67 heavy (non-hydrogen) atoms. The molecule has 0 aliphatic carbocycles. The Hall–Kier alpha value is -3.84. The largest absolute Gasteiger partial charge is 0.481 e. The molecule has 19 nitrogen and oxygen atoms in total. The van der Waals surface area contributed by atoms with Crippen LogP contribution in [0.4, 0.5) is 5.82 Å². The number of nitrogens with zero attached hydrogens (tertiary/aromatic N) is 2. The Morgan fingerprint density at radius 1 is 0.836 bits per heavy atom. The molecule has 8 atom stereocenters. The number of phosphoric ester groups is 2. The second-order valence-corrected chi connectivity index (χ2v) is 19.2. The zero-order chi connectivity index (χ0) is 49.5. The van der Waals surface area contributed by atoms with Crippen LogP contribution in [0.2, 0.25) is 0 Å². The molecule has 7 N–H and O–H groups in total. The van der Waals surface area contributed by atoms with Gasteiger partial charge in [-0.1, -0.05) is 132 Å². The van der Waals surface area contributed by atoms with E-state index in [1.54, 1.807) is 12.2 Å². The third-order valence-corrected chi connectivity index (χ3v) is 12.4. The van der Waals surface area contributed by atoms with Crippen molar-refractivity contribution < 1.29 is 71.4 Å². The SMILES string of the molecule is CC/C=C\CC(O)/C=C/C=C/C/C=C\C/C=C\C/C=C\CCC(=O)O[C@H](COC(=O)CCCCCCCCC(C)C)COP(=O)(O)OP(=O)(O)OC[C@H]1O[C@@H](n2ccc(N)nc2=O)[C@H](O)[C@@H]1O. The van der Waals surface area contributed by atoms with Gasteiger partial charge in [0.15, 0.2) is 12.3 Å². The highest BCUT2D eigenvalue weighted by Crippen LogP contribution is 2.60. The Bertz CT molecular complexity index is 1930. The van der Waals surface area contributed by atoms with E-state index < -0.39 is 89.8 Å². The maximum absolute atomic E-state index is 12.8. The number of ether oxygens (including phenoxy) is 3. The van der Waals surface area contributed by atoms with Gasteiger partial charge < -0.3 is 45.1 Å². The topological polar surface area (TPSA) is 286 Å². The zero-order valence-corrected chi connectivity index (χ0v) is 40.7. The lowest BCUT2D eigenvalue weighted by molar-refractivity contribution is -0.161. The van der Waals surface area contributed by atoms with Crippen LogP contribution in [0.1, 0.15) is 123 Å². The number of aliphatic hydroxyl groups is 3. The summed E-state index contributed by atoms with van der Waals surface area (Å²) in [5.74, 6) is -0.777. The van der Waals surface area contributed by atoms with Crippen molar-refractivity contribution in [3.8, 4) is 0 Å². The highest BCUT2D eigenvalue weighted by molar-refractivity contribution is 7.61. The second kappa shape index (κ2) is 33.6. The Morgan fingerprint density at radius 3 is 2.15 bits per heavy atom. The van der Waals surface area contributed by atoms with E-state index in [-0.39, 0.29) is 18.7 Å². The first-order chi connectivity index (χ1) is 31.9. The predicted molar refractivity (Wildman–Crippen MR) is 253 cm³/mol. The summed E-state index contributed by atoms with van der Waals surface area (Å²) >= 11 is 0. The van der Waals surface area contributed by atoms with Crippen LogP contribution in [0.15, 0.2) is 90.0 Å². The number of rotatable bonds is 35. The van der Waals surface area contributed by atoms with Crippen LogP contribution in [0.3, 0.4) is 0 Å². The van der Waals surface area contributed by atoms with E-state index in [1.165, 1.54) is 12.5 Å². The minimum absolute atomic E-state index is 0.0940. The highest BCUT2D eigenvalue weighted by atomic mass is 31.3. The van der Waals surface area contributed by atoms with Crippen LogP contribution in [0.25, 0.3) is 0 Å². The van der Waals surface area contributed by atoms with Gasteiger partial charge in [0.05, 0.1) is 19.3 Å². The average molecular weight is 986 g/mol. The van der Waals surface area contributed by atoms with Gasteiger partial charge in [-0.3, -0.25) is 23.2 Å². The van der Waals surface area contributed by atoms with Crippen molar-refractivity contribution in [1.29, 1.82) is 0 Å². The standard InChI is InChI=1S/C46H73N3O16P2/c1-4-5-21-27-37(50)28-23-18-13-11-9-7-6-8-10-12-14-20-25-30-42(52)63-38(33-60-41(51)29-24-19-16-15-17-22-26-36(2)3)34-61-66(56,57)65-67(58,59)62-35-39-43(53)44(54)45(64-39)49-32-31-40(47)48-46(49)55/h5,7-10,13-14,18,20-21,23,28,31-32,36-39,43-45,50,53-54H,4,6,11-12,15-17,19,22,24-27,29-30,33-35H2,1-3H3,(H,56,57)(H,58,59)(H2,47,48,55)/b9-7-,10-8-,18-13+,20-14-,21-5-,28-23+/t37?,38-,39-,43-,44-,45-/m1/s1. The molecule has 1 fully saturated rings. The lowest BCUT2D eigenvalue weighted by Gasteiger charge is -2.21. The van der Waals surface area contributed by atoms with Crippen LogP contribution in [-0.2, 0) is 46.3 Å². The minimum Gasteiger partial charge on any atom is -0.462 e. The fourth-order valence-electron chi connectivity index (χ4n) is 6.25. The van der Waals surface area contributed by atoms with Crippen LogP contribution in [0, 0.1) is 5.92 Å². The number of unbranched alkanes of at least 4 members (excludes halogenated alkanes) is 5. The van der Waals surface area contributed by atoms with Gasteiger partial charge in [0, 0.05) is 19.0 Å². The molecular weight excluding hydrogens is 912 g/mol. The van der Waals surface area contributed by atoms with Gasteiger partial charge >= 0.3 is 33.3 Å². The lowest BCUT2D eigenvalue weighted by atomic mass is 10.0. The van der Waals surface area contributed by atoms with Gasteiger partial charge in [-0.2, -0.15) is 9.29 Å². The summed E-state index contributed by atoms with van der Waals surface area (Å²) in [5.41, 5.74) is 4.56. The molecule has 0 amide bonds. The van der Waals surface area contributed by atoms with Crippen molar-refractivity contribution in [3.05, 3.63) is 95.7 Å². The van der Waals surface area contributed by atoms with Crippen LogP contribution in [0.5, 0.6) is 0 Å². The van der Waals surface area contributed by atoms with Crippen LogP contribution >= 0.6 is 15.6 Å². The molecule has 378 valence electrons. The molecule has 2 rings (SSSR count). The fourth-order valence-corrected chi connectivity index (χ4v) is 8.36. The summed E-state index contributed by atoms with van der Waals surface area (Å²) < 4.78 is 56.4. The normalized spacial score (nSPS) is 20.8. The number of nitrogens with two attached hydrogens (primary N) is 1. The summed E-state index contributed by atoms with van der Waals surface area (Å²) in [6.07, 6.45) is 26.8. The van der Waals surface area contributed by atoms with E-state index in [4.69, 9.17) is 29.0 Å². The Balaban J connectivity index is 1.86. The molecule has 1 aromatic heterocycles. The number of nitrogen functional groups attached to an aromatic ring is 1. The first-order valence-electron chi connectivity index (χ1n) is 22.9. The van der Waals surface area contributed by atoms with Crippen molar-refractivity contribution in [2.75, 3.05) is 25.6 Å². The number of hydrogen-bond acceptors (Lipinski definition) is 16. The molecule has 3 unspecified atom stereocenters. The van der Waals surface area contributed by atoms with Crippen molar-refractivity contribution in [3.63, 3.8) is 0 Å². The van der Waals surface area contributed by atoms with Crippen LogP contribution in [-0.4, -0.2) is 96.9 Å².